The molecular formula is C14H19N3S. The molecule has 96 valence electrons. The molecule has 1 aromatic heterocycles. The summed E-state index contributed by atoms with van der Waals surface area (Å²) >= 11 is 1.70. The Morgan fingerprint density at radius 3 is 2.61 bits per heavy atom. The van der Waals surface area contributed by atoms with Crippen molar-refractivity contribution < 1.29 is 0 Å². The molecule has 2 aromatic rings. The summed E-state index contributed by atoms with van der Waals surface area (Å²) < 4.78 is 0. The zero-order valence-electron chi connectivity index (χ0n) is 10.7. The summed E-state index contributed by atoms with van der Waals surface area (Å²) in [4.78, 5) is 6.85. The van der Waals surface area contributed by atoms with E-state index in [0.29, 0.717) is 6.54 Å². The van der Waals surface area contributed by atoms with E-state index in [1.165, 1.54) is 5.56 Å². The first-order valence-corrected chi connectivity index (χ1v) is 7.03. The normalized spacial score (nSPS) is 11.1. The van der Waals surface area contributed by atoms with Gasteiger partial charge in [0.15, 0.2) is 0 Å². The molecule has 3 nitrogen and oxygen atoms in total. The summed E-state index contributed by atoms with van der Waals surface area (Å²) in [6.45, 7) is 5.41. The Labute approximate surface area is 112 Å². The van der Waals surface area contributed by atoms with Crippen LogP contribution in [0.5, 0.6) is 0 Å². The molecule has 0 atom stereocenters. The number of aryl methyl sites for hydroxylation is 1. The molecule has 0 bridgehead atoms. The molecule has 0 spiro atoms. The summed E-state index contributed by atoms with van der Waals surface area (Å²) in [5.41, 5.74) is 8.14. The van der Waals surface area contributed by atoms with Crippen molar-refractivity contribution >= 4 is 11.3 Å². The first-order valence-electron chi connectivity index (χ1n) is 6.15. The van der Waals surface area contributed by atoms with E-state index in [1.54, 1.807) is 11.3 Å². The van der Waals surface area contributed by atoms with Crippen molar-refractivity contribution in [2.75, 3.05) is 13.1 Å². The Morgan fingerprint density at radius 1 is 1.22 bits per heavy atom. The molecule has 4 heteroatoms. The Kier molecular flexibility index (Phi) is 4.87. The van der Waals surface area contributed by atoms with Crippen molar-refractivity contribution in [3.8, 4) is 0 Å². The predicted octanol–water partition coefficient (Wildman–Crippen LogP) is 2.41. The van der Waals surface area contributed by atoms with E-state index in [2.05, 4.69) is 39.5 Å². The van der Waals surface area contributed by atoms with Crippen LogP contribution in [-0.4, -0.2) is 23.0 Å². The van der Waals surface area contributed by atoms with E-state index >= 15 is 0 Å². The van der Waals surface area contributed by atoms with Crippen LogP contribution >= 0.6 is 11.3 Å². The lowest BCUT2D eigenvalue weighted by atomic mass is 10.2. The number of hydrogen-bond donors (Lipinski definition) is 1. The average molecular weight is 261 g/mol. The largest absolute Gasteiger partial charge is 0.329 e. The number of aromatic nitrogens is 1. The molecule has 0 amide bonds. The van der Waals surface area contributed by atoms with Gasteiger partial charge in [0, 0.05) is 31.6 Å². The van der Waals surface area contributed by atoms with Crippen LogP contribution in [0.15, 0.2) is 35.7 Å². The number of benzene rings is 1. The second-order valence-corrected chi connectivity index (χ2v) is 5.41. The average Bonchev–Trinajstić information content (AvgIpc) is 2.76. The van der Waals surface area contributed by atoms with E-state index in [4.69, 9.17) is 5.73 Å². The Hall–Kier alpha value is -1.23. The van der Waals surface area contributed by atoms with E-state index < -0.39 is 0 Å². The maximum Gasteiger partial charge on any atom is 0.0897 e. The van der Waals surface area contributed by atoms with Gasteiger partial charge in [0.25, 0.3) is 0 Å². The summed E-state index contributed by atoms with van der Waals surface area (Å²) in [7, 11) is 0. The van der Waals surface area contributed by atoms with Gasteiger partial charge in [0.2, 0.25) is 0 Å². The zero-order valence-corrected chi connectivity index (χ0v) is 11.5. The predicted molar refractivity (Wildman–Crippen MR) is 76.5 cm³/mol. The highest BCUT2D eigenvalue weighted by Gasteiger charge is 2.08. The van der Waals surface area contributed by atoms with Crippen LogP contribution in [0.3, 0.4) is 0 Å². The molecule has 18 heavy (non-hydrogen) atoms. The maximum absolute atomic E-state index is 5.68. The fraction of sp³-hybridized carbons (Fsp3) is 0.357. The Morgan fingerprint density at radius 2 is 2.00 bits per heavy atom. The lowest BCUT2D eigenvalue weighted by molar-refractivity contribution is 0.261. The van der Waals surface area contributed by atoms with Gasteiger partial charge < -0.3 is 5.73 Å². The number of hydrogen-bond acceptors (Lipinski definition) is 4. The molecule has 2 N–H and O–H groups in total. The third-order valence-electron chi connectivity index (χ3n) is 2.75. The van der Waals surface area contributed by atoms with Crippen LogP contribution in [0, 0.1) is 6.92 Å². The number of nitrogens with zero attached hydrogens (tertiary/aromatic N) is 2. The van der Waals surface area contributed by atoms with E-state index in [-0.39, 0.29) is 0 Å². The summed E-state index contributed by atoms with van der Waals surface area (Å²) in [6, 6.07) is 10.5. The van der Waals surface area contributed by atoms with Gasteiger partial charge in [-0.3, -0.25) is 4.90 Å². The molecule has 2 rings (SSSR count). The van der Waals surface area contributed by atoms with Crippen LogP contribution in [0.1, 0.15) is 16.3 Å². The molecule has 0 saturated heterocycles. The minimum atomic E-state index is 0.677. The van der Waals surface area contributed by atoms with Crippen molar-refractivity contribution in [3.63, 3.8) is 0 Å². The molecule has 0 aliphatic carbocycles. The summed E-state index contributed by atoms with van der Waals surface area (Å²) in [5, 5.41) is 3.25. The van der Waals surface area contributed by atoms with Gasteiger partial charge in [-0.05, 0) is 12.5 Å². The van der Waals surface area contributed by atoms with Crippen molar-refractivity contribution in [1.82, 2.24) is 9.88 Å². The van der Waals surface area contributed by atoms with Gasteiger partial charge in [0.1, 0.15) is 0 Å². The van der Waals surface area contributed by atoms with Crippen molar-refractivity contribution in [2.24, 2.45) is 5.73 Å². The minimum absolute atomic E-state index is 0.677. The molecule has 0 radical (unpaired) electrons. The van der Waals surface area contributed by atoms with Gasteiger partial charge >= 0.3 is 0 Å². The lowest BCUT2D eigenvalue weighted by Gasteiger charge is -2.20. The standard InChI is InChI=1S/C14H19N3S/c1-12-16-14(11-18-12)10-17(8-7-15)9-13-5-3-2-4-6-13/h2-6,11H,7-10,15H2,1H3. The van der Waals surface area contributed by atoms with Crippen molar-refractivity contribution in [3.05, 3.63) is 52.0 Å². The SMILES string of the molecule is Cc1nc(CN(CCN)Cc2ccccc2)cs1. The smallest absolute Gasteiger partial charge is 0.0897 e. The maximum atomic E-state index is 5.68. The van der Waals surface area contributed by atoms with Gasteiger partial charge in [-0.2, -0.15) is 0 Å². The highest BCUT2D eigenvalue weighted by atomic mass is 32.1. The third-order valence-corrected chi connectivity index (χ3v) is 3.57. The quantitative estimate of drug-likeness (QED) is 0.868. The Balaban J connectivity index is 1.99. The zero-order chi connectivity index (χ0) is 12.8. The molecular weight excluding hydrogens is 242 g/mol. The van der Waals surface area contributed by atoms with Gasteiger partial charge in [0.05, 0.1) is 10.7 Å². The van der Waals surface area contributed by atoms with Crippen molar-refractivity contribution in [2.45, 2.75) is 20.0 Å². The van der Waals surface area contributed by atoms with Crippen LogP contribution in [0.4, 0.5) is 0 Å². The molecule has 0 saturated carbocycles. The molecule has 0 aliphatic rings. The third kappa shape index (κ3) is 3.91. The van der Waals surface area contributed by atoms with Crippen LogP contribution in [0.25, 0.3) is 0 Å². The number of thiazole rings is 1. The molecule has 1 heterocycles. The first kappa shape index (κ1) is 13.2. The topological polar surface area (TPSA) is 42.2 Å². The van der Waals surface area contributed by atoms with Crippen LogP contribution < -0.4 is 5.73 Å². The number of rotatable bonds is 6. The summed E-state index contributed by atoms with van der Waals surface area (Å²) in [6.07, 6.45) is 0. The van der Waals surface area contributed by atoms with Crippen molar-refractivity contribution in [1.29, 1.82) is 0 Å². The lowest BCUT2D eigenvalue weighted by Crippen LogP contribution is -2.28. The highest BCUT2D eigenvalue weighted by Crippen LogP contribution is 2.12. The van der Waals surface area contributed by atoms with Crippen LogP contribution in [-0.2, 0) is 13.1 Å². The van der Waals surface area contributed by atoms with Gasteiger partial charge in [-0.1, -0.05) is 30.3 Å². The number of nitrogens with two attached hydrogens (primary N) is 1. The van der Waals surface area contributed by atoms with E-state index in [0.717, 1.165) is 30.3 Å². The molecule has 0 fully saturated rings. The monoisotopic (exact) mass is 261 g/mol. The molecule has 0 aliphatic heterocycles. The second-order valence-electron chi connectivity index (χ2n) is 4.34. The Bertz CT molecular complexity index is 467. The minimum Gasteiger partial charge on any atom is -0.329 e. The van der Waals surface area contributed by atoms with Crippen LogP contribution in [0.2, 0.25) is 0 Å². The molecule has 1 aromatic carbocycles. The highest BCUT2D eigenvalue weighted by molar-refractivity contribution is 7.09. The first-order chi connectivity index (χ1) is 8.78. The second kappa shape index (κ2) is 6.64. The van der Waals surface area contributed by atoms with E-state index in [9.17, 15) is 0 Å². The fourth-order valence-electron chi connectivity index (χ4n) is 1.95. The fourth-order valence-corrected chi connectivity index (χ4v) is 2.55. The van der Waals surface area contributed by atoms with Gasteiger partial charge in [-0.25, -0.2) is 4.98 Å². The molecule has 0 unspecified atom stereocenters. The van der Waals surface area contributed by atoms with Gasteiger partial charge in [-0.15, -0.1) is 11.3 Å². The summed E-state index contributed by atoms with van der Waals surface area (Å²) in [5.74, 6) is 0. The van der Waals surface area contributed by atoms with E-state index in [1.807, 2.05) is 13.0 Å².